The number of aryl methyl sites for hydroxylation is 1. The zero-order valence-electron chi connectivity index (χ0n) is 13.7. The second-order valence-corrected chi connectivity index (χ2v) is 8.78. The predicted octanol–water partition coefficient (Wildman–Crippen LogP) is 5.84. The molecule has 0 spiro atoms. The van der Waals surface area contributed by atoms with E-state index in [2.05, 4.69) is 76.2 Å². The third-order valence-corrected chi connectivity index (χ3v) is 6.00. The summed E-state index contributed by atoms with van der Waals surface area (Å²) in [6.45, 7) is 2.07. The number of aromatic nitrogens is 1. The van der Waals surface area contributed by atoms with E-state index in [0.717, 1.165) is 17.0 Å². The van der Waals surface area contributed by atoms with Crippen molar-refractivity contribution in [1.29, 1.82) is 0 Å². The molecule has 0 bridgehead atoms. The van der Waals surface area contributed by atoms with E-state index in [4.69, 9.17) is 0 Å². The van der Waals surface area contributed by atoms with Crippen LogP contribution in [-0.4, -0.2) is 16.6 Å². The van der Waals surface area contributed by atoms with Gasteiger partial charge in [0.2, 0.25) is 5.91 Å². The average Bonchev–Trinajstić information content (AvgIpc) is 3.06. The van der Waals surface area contributed by atoms with Crippen LogP contribution >= 0.6 is 45.7 Å². The Morgan fingerprint density at radius 3 is 2.60 bits per heavy atom. The minimum absolute atomic E-state index is 0.00289. The van der Waals surface area contributed by atoms with Gasteiger partial charge in [0.05, 0.1) is 5.69 Å². The molecular formula is C19H17IN2OS2. The fourth-order valence-corrected chi connectivity index (χ4v) is 4.11. The summed E-state index contributed by atoms with van der Waals surface area (Å²) in [5.41, 5.74) is 3.20. The molecule has 1 N–H and O–H groups in total. The molecule has 3 rings (SSSR count). The first-order chi connectivity index (χ1) is 12.1. The maximum Gasteiger partial charge on any atom is 0.226 e. The molecule has 1 amide bonds. The smallest absolute Gasteiger partial charge is 0.226 e. The van der Waals surface area contributed by atoms with Crippen molar-refractivity contribution in [2.75, 3.05) is 11.1 Å². The highest BCUT2D eigenvalue weighted by Gasteiger charge is 2.08. The van der Waals surface area contributed by atoms with Gasteiger partial charge in [-0.25, -0.2) is 4.98 Å². The molecule has 0 radical (unpaired) electrons. The monoisotopic (exact) mass is 480 g/mol. The molecular weight excluding hydrogens is 463 g/mol. The summed E-state index contributed by atoms with van der Waals surface area (Å²) in [6, 6.07) is 16.5. The van der Waals surface area contributed by atoms with Gasteiger partial charge >= 0.3 is 0 Å². The van der Waals surface area contributed by atoms with Crippen LogP contribution in [0.5, 0.6) is 0 Å². The van der Waals surface area contributed by atoms with Crippen molar-refractivity contribution < 1.29 is 4.79 Å². The van der Waals surface area contributed by atoms with Crippen LogP contribution in [-0.2, 0) is 4.79 Å². The summed E-state index contributed by atoms with van der Waals surface area (Å²) in [7, 11) is 0. The molecule has 0 atom stereocenters. The summed E-state index contributed by atoms with van der Waals surface area (Å²) in [5, 5.41) is 5.52. The fourth-order valence-electron chi connectivity index (χ4n) is 2.16. The van der Waals surface area contributed by atoms with Gasteiger partial charge in [0.15, 0.2) is 5.13 Å². The minimum atomic E-state index is 0.00289. The number of halogens is 1. The lowest BCUT2D eigenvalue weighted by atomic mass is 10.2. The quantitative estimate of drug-likeness (QED) is 0.356. The van der Waals surface area contributed by atoms with Gasteiger partial charge in [-0.3, -0.25) is 4.79 Å². The Morgan fingerprint density at radius 2 is 1.88 bits per heavy atom. The lowest BCUT2D eigenvalue weighted by Crippen LogP contribution is -2.11. The number of thioether (sulfide) groups is 1. The summed E-state index contributed by atoms with van der Waals surface area (Å²) in [5.74, 6) is 0.757. The summed E-state index contributed by atoms with van der Waals surface area (Å²) >= 11 is 5.43. The Labute approximate surface area is 169 Å². The highest BCUT2D eigenvalue weighted by molar-refractivity contribution is 14.1. The van der Waals surface area contributed by atoms with Gasteiger partial charge in [-0.05, 0) is 53.8 Å². The molecule has 3 aromatic rings. The van der Waals surface area contributed by atoms with E-state index < -0.39 is 0 Å². The first-order valence-corrected chi connectivity index (χ1v) is 10.8. The zero-order valence-corrected chi connectivity index (χ0v) is 17.5. The van der Waals surface area contributed by atoms with Crippen LogP contribution in [0.3, 0.4) is 0 Å². The van der Waals surface area contributed by atoms with Gasteiger partial charge in [-0.1, -0.05) is 29.8 Å². The second-order valence-electron chi connectivity index (χ2n) is 5.50. The number of anilines is 1. The molecule has 6 heteroatoms. The molecule has 2 aromatic carbocycles. The van der Waals surface area contributed by atoms with Gasteiger partial charge in [-0.15, -0.1) is 23.1 Å². The molecule has 0 aliphatic rings. The molecule has 0 aliphatic carbocycles. The lowest BCUT2D eigenvalue weighted by molar-refractivity contribution is -0.115. The molecule has 1 heterocycles. The van der Waals surface area contributed by atoms with E-state index in [1.807, 2.05) is 17.5 Å². The molecule has 128 valence electrons. The van der Waals surface area contributed by atoms with Crippen molar-refractivity contribution in [3.8, 4) is 11.3 Å². The Hall–Kier alpha value is -1.38. The van der Waals surface area contributed by atoms with E-state index in [-0.39, 0.29) is 5.91 Å². The molecule has 3 nitrogen and oxygen atoms in total. The SMILES string of the molecule is Cc1ccc(SCCC(=O)Nc2nc(-c3ccc(I)cc3)cs2)cc1. The fraction of sp³-hybridized carbons (Fsp3) is 0.158. The number of benzene rings is 2. The van der Waals surface area contributed by atoms with Gasteiger partial charge < -0.3 is 5.32 Å². The average molecular weight is 480 g/mol. The van der Waals surface area contributed by atoms with Crippen molar-refractivity contribution in [2.45, 2.75) is 18.2 Å². The standard InChI is InChI=1S/C19H17IN2OS2/c1-13-2-8-16(9-3-13)24-11-10-18(23)22-19-21-17(12-25-19)14-4-6-15(20)7-5-14/h2-9,12H,10-11H2,1H3,(H,21,22,23). The third-order valence-electron chi connectivity index (χ3n) is 3.51. The van der Waals surface area contributed by atoms with Crippen LogP contribution in [0.4, 0.5) is 5.13 Å². The molecule has 0 saturated carbocycles. The first kappa shape index (κ1) is 18.4. The van der Waals surface area contributed by atoms with Crippen LogP contribution < -0.4 is 5.32 Å². The molecule has 25 heavy (non-hydrogen) atoms. The molecule has 1 aromatic heterocycles. The Balaban J connectivity index is 1.49. The first-order valence-electron chi connectivity index (χ1n) is 7.81. The number of hydrogen-bond acceptors (Lipinski definition) is 4. The van der Waals surface area contributed by atoms with Gasteiger partial charge in [0.25, 0.3) is 0 Å². The van der Waals surface area contributed by atoms with Crippen molar-refractivity contribution >= 4 is 56.7 Å². The van der Waals surface area contributed by atoms with E-state index in [0.29, 0.717) is 11.6 Å². The predicted molar refractivity (Wildman–Crippen MR) is 115 cm³/mol. The number of thiazole rings is 1. The molecule has 0 aliphatic heterocycles. The topological polar surface area (TPSA) is 42.0 Å². The van der Waals surface area contributed by atoms with E-state index in [1.165, 1.54) is 25.4 Å². The number of carbonyl (C=O) groups is 1. The van der Waals surface area contributed by atoms with Crippen molar-refractivity contribution in [1.82, 2.24) is 4.98 Å². The molecule has 0 unspecified atom stereocenters. The normalized spacial score (nSPS) is 10.6. The number of nitrogens with zero attached hydrogens (tertiary/aromatic N) is 1. The van der Waals surface area contributed by atoms with Crippen LogP contribution in [0.2, 0.25) is 0 Å². The third kappa shape index (κ3) is 5.55. The minimum Gasteiger partial charge on any atom is -0.302 e. The zero-order chi connectivity index (χ0) is 17.6. The summed E-state index contributed by atoms with van der Waals surface area (Å²) < 4.78 is 1.19. The van der Waals surface area contributed by atoms with Crippen molar-refractivity contribution in [2.24, 2.45) is 0 Å². The van der Waals surface area contributed by atoms with Crippen LogP contribution in [0.15, 0.2) is 58.8 Å². The Morgan fingerprint density at radius 1 is 1.16 bits per heavy atom. The maximum atomic E-state index is 12.1. The summed E-state index contributed by atoms with van der Waals surface area (Å²) in [6.07, 6.45) is 0.469. The van der Waals surface area contributed by atoms with E-state index in [1.54, 1.807) is 11.8 Å². The van der Waals surface area contributed by atoms with Gasteiger partial charge in [0.1, 0.15) is 0 Å². The number of carbonyl (C=O) groups excluding carboxylic acids is 1. The maximum absolute atomic E-state index is 12.1. The van der Waals surface area contributed by atoms with Crippen LogP contribution in [0.25, 0.3) is 11.3 Å². The number of nitrogens with one attached hydrogen (secondary N) is 1. The van der Waals surface area contributed by atoms with Crippen molar-refractivity contribution in [3.63, 3.8) is 0 Å². The Kier molecular flexibility index (Phi) is 6.50. The second kappa shape index (κ2) is 8.82. The van der Waals surface area contributed by atoms with Crippen LogP contribution in [0, 0.1) is 10.5 Å². The van der Waals surface area contributed by atoms with Gasteiger partial charge in [0, 0.05) is 31.6 Å². The molecule has 0 saturated heterocycles. The highest BCUT2D eigenvalue weighted by atomic mass is 127. The number of hydrogen-bond donors (Lipinski definition) is 1. The molecule has 0 fully saturated rings. The van der Waals surface area contributed by atoms with E-state index >= 15 is 0 Å². The van der Waals surface area contributed by atoms with Crippen molar-refractivity contribution in [3.05, 3.63) is 63.0 Å². The largest absolute Gasteiger partial charge is 0.302 e. The summed E-state index contributed by atoms with van der Waals surface area (Å²) in [4.78, 5) is 17.8. The lowest BCUT2D eigenvalue weighted by Gasteiger charge is -2.03. The van der Waals surface area contributed by atoms with Gasteiger partial charge in [-0.2, -0.15) is 0 Å². The highest BCUT2D eigenvalue weighted by Crippen LogP contribution is 2.26. The number of amides is 1. The Bertz CT molecular complexity index is 845. The number of rotatable bonds is 6. The van der Waals surface area contributed by atoms with Crippen LogP contribution in [0.1, 0.15) is 12.0 Å². The van der Waals surface area contributed by atoms with E-state index in [9.17, 15) is 4.79 Å².